The minimum atomic E-state index is -1.29. The van der Waals surface area contributed by atoms with E-state index in [1.165, 1.54) is 0 Å². The number of carboxylic acid groups (broad SMARTS) is 1. The van der Waals surface area contributed by atoms with E-state index in [9.17, 15) is 24.3 Å². The van der Waals surface area contributed by atoms with E-state index in [0.717, 1.165) is 0 Å². The molecule has 4 N–H and O–H groups in total. The van der Waals surface area contributed by atoms with Crippen molar-refractivity contribution < 1.29 is 29.0 Å². The molecule has 34 heavy (non-hydrogen) atoms. The highest BCUT2D eigenvalue weighted by Gasteiger charge is 2.30. The average molecular weight is 481 g/mol. The Morgan fingerprint density at radius 3 is 2.15 bits per heavy atom. The van der Waals surface area contributed by atoms with Crippen molar-refractivity contribution in [2.75, 3.05) is 6.54 Å². The molecule has 0 fully saturated rings. The maximum Gasteiger partial charge on any atom is 0.408 e. The van der Waals surface area contributed by atoms with Crippen molar-refractivity contribution in [2.24, 2.45) is 11.0 Å². The highest BCUT2D eigenvalue weighted by molar-refractivity contribution is 5.92. The number of terminal acetylenes is 1. The lowest BCUT2D eigenvalue weighted by Gasteiger charge is -2.26. The van der Waals surface area contributed by atoms with E-state index in [1.807, 2.05) is 13.8 Å². The molecule has 0 heterocycles. The van der Waals surface area contributed by atoms with Crippen LogP contribution in [-0.4, -0.2) is 59.3 Å². The molecule has 0 aromatic rings. The summed E-state index contributed by atoms with van der Waals surface area (Å²) < 4.78 is 5.23. The number of carbonyl (C=O) groups excluding carboxylic acids is 3. The van der Waals surface area contributed by atoms with Gasteiger partial charge in [-0.15, -0.1) is 12.3 Å². The van der Waals surface area contributed by atoms with Gasteiger partial charge >= 0.3 is 12.1 Å². The van der Waals surface area contributed by atoms with Crippen LogP contribution in [0.1, 0.15) is 66.7 Å². The first-order chi connectivity index (χ1) is 15.8. The summed E-state index contributed by atoms with van der Waals surface area (Å²) >= 11 is 0. The molecule has 0 aliphatic carbocycles. The second-order valence-corrected chi connectivity index (χ2v) is 9.15. The fourth-order valence-corrected chi connectivity index (χ4v) is 2.86. The number of hydrogen-bond acceptors (Lipinski definition) is 6. The summed E-state index contributed by atoms with van der Waals surface area (Å²) in [5.41, 5.74) is 7.60. The molecule has 0 saturated heterocycles. The Morgan fingerprint density at radius 2 is 1.65 bits per heavy atom. The molecule has 0 aliphatic rings. The summed E-state index contributed by atoms with van der Waals surface area (Å²) in [7, 11) is 0. The van der Waals surface area contributed by atoms with E-state index in [4.69, 9.17) is 16.7 Å². The van der Waals surface area contributed by atoms with E-state index in [1.54, 1.807) is 20.8 Å². The maximum absolute atomic E-state index is 13.0. The number of hydrogen-bond donors (Lipinski definition) is 4. The molecule has 3 atom stereocenters. The Kier molecular flexibility index (Phi) is 13.8. The van der Waals surface area contributed by atoms with Crippen LogP contribution in [0, 0.1) is 18.3 Å². The monoisotopic (exact) mass is 480 g/mol. The number of nitrogens with zero attached hydrogens (tertiary/aromatic N) is 3. The number of amides is 3. The average Bonchev–Trinajstić information content (AvgIpc) is 2.69. The normalized spacial score (nSPS) is 13.4. The molecule has 0 spiro atoms. The summed E-state index contributed by atoms with van der Waals surface area (Å²) in [6, 6.07) is -3.36. The van der Waals surface area contributed by atoms with Crippen molar-refractivity contribution in [3.05, 3.63) is 10.4 Å². The number of carboxylic acids is 1. The predicted octanol–water partition coefficient (Wildman–Crippen LogP) is 2.48. The largest absolute Gasteiger partial charge is 0.480 e. The Balaban J connectivity index is 5.49. The van der Waals surface area contributed by atoms with Crippen molar-refractivity contribution in [3.8, 4) is 12.3 Å². The molecule has 3 amide bonds. The van der Waals surface area contributed by atoms with Crippen molar-refractivity contribution in [3.63, 3.8) is 0 Å². The van der Waals surface area contributed by atoms with Crippen LogP contribution in [0.5, 0.6) is 0 Å². The lowest BCUT2D eigenvalue weighted by Crippen LogP contribution is -2.56. The van der Waals surface area contributed by atoms with Crippen LogP contribution < -0.4 is 16.0 Å². The van der Waals surface area contributed by atoms with Crippen LogP contribution in [0.2, 0.25) is 0 Å². The van der Waals surface area contributed by atoms with Gasteiger partial charge in [-0.05, 0) is 51.5 Å². The maximum atomic E-state index is 13.0. The van der Waals surface area contributed by atoms with E-state index in [0.29, 0.717) is 12.8 Å². The topological polar surface area (TPSA) is 183 Å². The van der Waals surface area contributed by atoms with Gasteiger partial charge in [-0.1, -0.05) is 25.4 Å². The molecule has 12 nitrogen and oxygen atoms in total. The van der Waals surface area contributed by atoms with Crippen LogP contribution in [0.15, 0.2) is 5.11 Å². The van der Waals surface area contributed by atoms with Gasteiger partial charge in [0.05, 0.1) is 0 Å². The lowest BCUT2D eigenvalue weighted by atomic mass is 10.0. The number of aliphatic carboxylic acids is 1. The molecule has 190 valence electrons. The van der Waals surface area contributed by atoms with Crippen molar-refractivity contribution in [1.29, 1.82) is 0 Å². The highest BCUT2D eigenvalue weighted by Crippen LogP contribution is 2.11. The molecule has 3 unspecified atom stereocenters. The van der Waals surface area contributed by atoms with Gasteiger partial charge in [-0.2, -0.15) is 0 Å². The third-order valence-electron chi connectivity index (χ3n) is 4.35. The van der Waals surface area contributed by atoms with Crippen LogP contribution >= 0.6 is 0 Å². The van der Waals surface area contributed by atoms with Gasteiger partial charge in [-0.3, -0.25) is 9.59 Å². The molecule has 0 aliphatic heterocycles. The zero-order valence-corrected chi connectivity index (χ0v) is 20.5. The molecular weight excluding hydrogens is 444 g/mol. The van der Waals surface area contributed by atoms with Gasteiger partial charge < -0.3 is 25.8 Å². The molecule has 0 bridgehead atoms. The minimum Gasteiger partial charge on any atom is -0.480 e. The summed E-state index contributed by atoms with van der Waals surface area (Å²) in [5, 5.41) is 20.2. The van der Waals surface area contributed by atoms with Gasteiger partial charge in [0.15, 0.2) is 0 Å². The third kappa shape index (κ3) is 13.9. The number of rotatable bonds is 14. The third-order valence-corrected chi connectivity index (χ3v) is 4.35. The van der Waals surface area contributed by atoms with Crippen molar-refractivity contribution in [1.82, 2.24) is 16.0 Å². The molecule has 0 saturated carbocycles. The Hall–Kier alpha value is -3.45. The fraction of sp³-hybridized carbons (Fsp3) is 0.727. The van der Waals surface area contributed by atoms with Gasteiger partial charge in [0.2, 0.25) is 11.8 Å². The first-order valence-electron chi connectivity index (χ1n) is 11.1. The summed E-state index contributed by atoms with van der Waals surface area (Å²) in [6.45, 7) is 8.96. The van der Waals surface area contributed by atoms with E-state index in [-0.39, 0.29) is 31.7 Å². The van der Waals surface area contributed by atoms with Gasteiger partial charge in [-0.25, -0.2) is 9.59 Å². The molecule has 0 aromatic heterocycles. The standard InChI is InChI=1S/C22H36N6O6/c1-7-10-16(20(31)32)25-19(30)17(13-14(2)3)26-18(29)15(11-8-9-12-24-28-23)27-21(33)34-22(4,5)6/h1,14-17H,8-13H2,2-6H3,(H,25,30)(H,26,29)(H,27,33)(H,31,32). The number of azide groups is 1. The zero-order valence-electron chi connectivity index (χ0n) is 20.5. The molecule has 12 heteroatoms. The van der Waals surface area contributed by atoms with Crippen LogP contribution in [0.4, 0.5) is 4.79 Å². The predicted molar refractivity (Wildman–Crippen MR) is 125 cm³/mol. The van der Waals surface area contributed by atoms with Gasteiger partial charge in [0, 0.05) is 17.9 Å². The Bertz CT molecular complexity index is 795. The number of unbranched alkanes of at least 4 members (excludes halogenated alkanes) is 1. The summed E-state index contributed by atoms with van der Waals surface area (Å²) in [6.07, 6.45) is 5.55. The molecule has 0 aromatic carbocycles. The van der Waals surface area contributed by atoms with Crippen LogP contribution in [0.25, 0.3) is 10.4 Å². The number of alkyl carbamates (subject to hydrolysis) is 1. The fourth-order valence-electron chi connectivity index (χ4n) is 2.86. The smallest absolute Gasteiger partial charge is 0.408 e. The molecule has 0 rings (SSSR count). The molecule has 0 radical (unpaired) electrons. The Labute approximate surface area is 200 Å². The summed E-state index contributed by atoms with van der Waals surface area (Å²) in [5.74, 6) is -0.413. The summed E-state index contributed by atoms with van der Waals surface area (Å²) in [4.78, 5) is 52.0. The van der Waals surface area contributed by atoms with Crippen LogP contribution in [0.3, 0.4) is 0 Å². The van der Waals surface area contributed by atoms with Crippen molar-refractivity contribution in [2.45, 2.75) is 90.4 Å². The first kappa shape index (κ1) is 30.6. The number of nitrogens with one attached hydrogen (secondary N) is 3. The second kappa shape index (κ2) is 15.4. The number of ether oxygens (including phenoxy) is 1. The first-order valence-corrected chi connectivity index (χ1v) is 11.1. The Morgan fingerprint density at radius 1 is 1.06 bits per heavy atom. The van der Waals surface area contributed by atoms with Crippen LogP contribution in [-0.2, 0) is 19.1 Å². The zero-order chi connectivity index (χ0) is 26.3. The van der Waals surface area contributed by atoms with E-state index >= 15 is 0 Å². The lowest BCUT2D eigenvalue weighted by molar-refractivity contribution is -0.142. The van der Waals surface area contributed by atoms with E-state index < -0.39 is 47.6 Å². The van der Waals surface area contributed by atoms with Gasteiger partial charge in [0.25, 0.3) is 0 Å². The van der Waals surface area contributed by atoms with Gasteiger partial charge in [0.1, 0.15) is 23.7 Å². The highest BCUT2D eigenvalue weighted by atomic mass is 16.6. The number of carbonyl (C=O) groups is 4. The second-order valence-electron chi connectivity index (χ2n) is 9.15. The van der Waals surface area contributed by atoms with Crippen molar-refractivity contribution >= 4 is 23.9 Å². The van der Waals surface area contributed by atoms with E-state index in [2.05, 4.69) is 31.9 Å². The SMILES string of the molecule is C#CCC(NC(=O)C(CC(C)C)NC(=O)C(CCCCN=[N+]=[N-])NC(=O)OC(C)(C)C)C(=O)O. The molecular formula is C22H36N6O6. The minimum absolute atomic E-state index is 0.00642. The quantitative estimate of drug-likeness (QED) is 0.0973.